The number of nitrogens with zero attached hydrogens (tertiary/aromatic N) is 1. The number of H-pyrrole nitrogens is 1. The van der Waals surface area contributed by atoms with Crippen molar-refractivity contribution in [3.8, 4) is 0 Å². The van der Waals surface area contributed by atoms with Crippen LogP contribution in [0.2, 0.25) is 13.3 Å². The Labute approximate surface area is 145 Å². The first-order valence-electron chi connectivity index (χ1n) is 9.32. The fourth-order valence-electron chi connectivity index (χ4n) is 3.28. The number of hydrogen-bond donors (Lipinski definition) is 1. The Hall–Kier alpha value is -0.521. The molecule has 0 atom stereocenters. The number of unbranched alkanes of at least 4 members (excludes halogenated alkanes) is 3. The molecule has 0 amide bonds. The molecule has 132 valence electrons. The first-order valence-corrected chi connectivity index (χ1v) is 16.8. The van der Waals surface area contributed by atoms with Crippen LogP contribution in [0.25, 0.3) is 0 Å². The molecular weight excluding hydrogens is 395 g/mol. The monoisotopic (exact) mass is 430 g/mol. The van der Waals surface area contributed by atoms with Gasteiger partial charge in [0.1, 0.15) is 0 Å². The standard InChI is InChI=1S/C6H7N2O2.3C4H9.Sn/c9-5-10-4-2-6-1-3-7-8-6;3*1-3-4-2;/h1,5H,2,4H2,(H,7,8);3*1,3-4H2,2H3;. The Bertz CT molecular complexity index is 413. The topological polar surface area (TPSA) is 55.0 Å². The van der Waals surface area contributed by atoms with Crippen LogP contribution in [0.4, 0.5) is 0 Å². The van der Waals surface area contributed by atoms with Gasteiger partial charge < -0.3 is 0 Å². The number of aromatic nitrogens is 2. The van der Waals surface area contributed by atoms with E-state index < -0.39 is 18.4 Å². The predicted molar refractivity (Wildman–Crippen MR) is 98.8 cm³/mol. The molecule has 0 aliphatic heterocycles. The van der Waals surface area contributed by atoms with E-state index in [4.69, 9.17) is 9.84 Å². The molecule has 1 rings (SSSR count). The van der Waals surface area contributed by atoms with Crippen LogP contribution in [0.5, 0.6) is 0 Å². The molecule has 0 aromatic carbocycles. The average molecular weight is 429 g/mol. The zero-order valence-corrected chi connectivity index (χ0v) is 18.1. The summed E-state index contributed by atoms with van der Waals surface area (Å²) in [6.07, 6.45) is 8.62. The zero-order valence-electron chi connectivity index (χ0n) is 15.2. The Balaban J connectivity index is 2.91. The van der Waals surface area contributed by atoms with Crippen molar-refractivity contribution in [2.45, 2.75) is 79.0 Å². The molecule has 0 unspecified atom stereocenters. The normalized spacial score (nSPS) is 11.6. The summed E-state index contributed by atoms with van der Waals surface area (Å²) < 4.78 is 10.5. The van der Waals surface area contributed by atoms with Crippen LogP contribution in [0, 0.1) is 0 Å². The van der Waals surface area contributed by atoms with Gasteiger partial charge in [-0.25, -0.2) is 0 Å². The van der Waals surface area contributed by atoms with E-state index in [0.29, 0.717) is 13.1 Å². The van der Waals surface area contributed by atoms with Crippen molar-refractivity contribution in [3.63, 3.8) is 0 Å². The van der Waals surface area contributed by atoms with E-state index in [9.17, 15) is 4.79 Å². The van der Waals surface area contributed by atoms with Crippen molar-refractivity contribution in [1.82, 2.24) is 10.2 Å². The number of nitrogens with one attached hydrogen (secondary N) is 1. The number of hydrogen-bond acceptors (Lipinski definition) is 3. The molecule has 1 aromatic rings. The van der Waals surface area contributed by atoms with Crippen LogP contribution < -0.4 is 3.71 Å². The van der Waals surface area contributed by atoms with Gasteiger partial charge in [-0.1, -0.05) is 0 Å². The molecule has 1 heterocycles. The third-order valence-corrected chi connectivity index (χ3v) is 19.8. The van der Waals surface area contributed by atoms with Crippen LogP contribution in [0.1, 0.15) is 65.0 Å². The minimum absolute atomic E-state index is 0.437. The first kappa shape index (κ1) is 20.5. The van der Waals surface area contributed by atoms with E-state index in [-0.39, 0.29) is 0 Å². The average Bonchev–Trinajstić information content (AvgIpc) is 3.04. The summed E-state index contributed by atoms with van der Waals surface area (Å²) in [6, 6.07) is 2.30. The summed E-state index contributed by atoms with van der Waals surface area (Å²) in [7, 11) is 0. The van der Waals surface area contributed by atoms with Crippen molar-refractivity contribution in [3.05, 3.63) is 11.8 Å². The molecule has 0 aliphatic rings. The van der Waals surface area contributed by atoms with Gasteiger partial charge in [0.25, 0.3) is 0 Å². The molecule has 0 saturated heterocycles. The summed E-state index contributed by atoms with van der Waals surface area (Å²) in [5.41, 5.74) is 1.12. The Kier molecular flexibility index (Phi) is 10.6. The quantitative estimate of drug-likeness (QED) is 0.274. The Morgan fingerprint density at radius 2 is 1.65 bits per heavy atom. The van der Waals surface area contributed by atoms with Crippen LogP contribution in [0.3, 0.4) is 0 Å². The number of aromatic amines is 1. The third kappa shape index (κ3) is 6.86. The maximum absolute atomic E-state index is 10.3. The molecule has 0 saturated carbocycles. The number of rotatable bonds is 14. The summed E-state index contributed by atoms with van der Waals surface area (Å²) >= 11 is -2.40. The van der Waals surface area contributed by atoms with Crippen molar-refractivity contribution in [2.24, 2.45) is 0 Å². The van der Waals surface area contributed by atoms with Crippen LogP contribution in [-0.4, -0.2) is 41.7 Å². The Morgan fingerprint density at radius 1 is 1.09 bits per heavy atom. The SMILES string of the molecule is CCC[CH2][Sn]([CH2]CCC)([CH2]CCC)[c]1cc(CCOC=O)[nH]n1. The first-order chi connectivity index (χ1) is 11.2. The fraction of sp³-hybridized carbons (Fsp3) is 0.778. The number of carbonyl (C=O) groups excluding carboxylic acids is 1. The second-order valence-corrected chi connectivity index (χ2v) is 19.6. The van der Waals surface area contributed by atoms with E-state index in [1.54, 1.807) is 0 Å². The summed E-state index contributed by atoms with van der Waals surface area (Å²) in [6.45, 7) is 7.84. The van der Waals surface area contributed by atoms with Crippen LogP contribution in [0.15, 0.2) is 6.07 Å². The van der Waals surface area contributed by atoms with Gasteiger partial charge in [0.2, 0.25) is 0 Å². The second-order valence-electron chi connectivity index (χ2n) is 6.59. The molecule has 0 radical (unpaired) electrons. The zero-order chi connectivity index (χ0) is 17.0. The summed E-state index contributed by atoms with van der Waals surface area (Å²) in [5.74, 6) is 0. The van der Waals surface area contributed by atoms with Gasteiger partial charge in [0.15, 0.2) is 0 Å². The van der Waals surface area contributed by atoms with Gasteiger partial charge in [-0.05, 0) is 0 Å². The molecular formula is C18H34N2O2Sn. The van der Waals surface area contributed by atoms with Crippen molar-refractivity contribution < 1.29 is 9.53 Å². The number of carbonyl (C=O) groups is 1. The van der Waals surface area contributed by atoms with Gasteiger partial charge in [-0.15, -0.1) is 0 Å². The maximum atomic E-state index is 10.3. The Morgan fingerprint density at radius 3 is 2.13 bits per heavy atom. The molecule has 5 heteroatoms. The van der Waals surface area contributed by atoms with E-state index in [2.05, 4.69) is 31.9 Å². The molecule has 1 aromatic heterocycles. The predicted octanol–water partition coefficient (Wildman–Crippen LogP) is 4.18. The van der Waals surface area contributed by atoms with E-state index in [0.717, 1.165) is 12.1 Å². The van der Waals surface area contributed by atoms with Crippen molar-refractivity contribution >= 4 is 28.6 Å². The van der Waals surface area contributed by atoms with E-state index in [1.807, 2.05) is 0 Å². The molecule has 0 aliphatic carbocycles. The molecule has 4 nitrogen and oxygen atoms in total. The molecule has 0 spiro atoms. The van der Waals surface area contributed by atoms with E-state index in [1.165, 1.54) is 55.5 Å². The number of ether oxygens (including phenoxy) is 1. The molecule has 0 fully saturated rings. The van der Waals surface area contributed by atoms with Gasteiger partial charge in [0, 0.05) is 0 Å². The van der Waals surface area contributed by atoms with Gasteiger partial charge >= 0.3 is 146 Å². The summed E-state index contributed by atoms with van der Waals surface area (Å²) in [4.78, 5) is 10.3. The third-order valence-electron chi connectivity index (χ3n) is 4.76. The molecule has 0 bridgehead atoms. The van der Waals surface area contributed by atoms with Gasteiger partial charge in [-0.3, -0.25) is 0 Å². The second kappa shape index (κ2) is 11.9. The van der Waals surface area contributed by atoms with E-state index >= 15 is 0 Å². The van der Waals surface area contributed by atoms with Crippen LogP contribution >= 0.6 is 0 Å². The van der Waals surface area contributed by atoms with Crippen molar-refractivity contribution in [2.75, 3.05) is 6.61 Å². The summed E-state index contributed by atoms with van der Waals surface area (Å²) in [5, 5.41) is 7.96. The molecule has 23 heavy (non-hydrogen) atoms. The van der Waals surface area contributed by atoms with Crippen LogP contribution in [-0.2, 0) is 16.0 Å². The van der Waals surface area contributed by atoms with Crippen molar-refractivity contribution in [1.29, 1.82) is 0 Å². The van der Waals surface area contributed by atoms with Gasteiger partial charge in [-0.2, -0.15) is 0 Å². The molecule has 1 N–H and O–H groups in total. The van der Waals surface area contributed by atoms with Gasteiger partial charge in [0.05, 0.1) is 0 Å². The minimum atomic E-state index is -2.40. The fourth-order valence-corrected chi connectivity index (χ4v) is 18.6.